The lowest BCUT2D eigenvalue weighted by molar-refractivity contribution is 0.784. The van der Waals surface area contributed by atoms with Crippen LogP contribution in [0, 0.1) is 13.8 Å². The summed E-state index contributed by atoms with van der Waals surface area (Å²) < 4.78 is 0. The van der Waals surface area contributed by atoms with Crippen molar-refractivity contribution in [1.82, 2.24) is 25.8 Å². The molecule has 21 heavy (non-hydrogen) atoms. The van der Waals surface area contributed by atoms with Crippen LogP contribution in [0.3, 0.4) is 0 Å². The summed E-state index contributed by atoms with van der Waals surface area (Å²) >= 11 is 1.68. The molecule has 2 rings (SSSR count). The molecule has 8 heteroatoms. The number of aromatic amines is 1. The molecule has 2 aromatic rings. The molecular weight excluding hydrogens is 399 g/mol. The van der Waals surface area contributed by atoms with Crippen LogP contribution < -0.4 is 10.6 Å². The van der Waals surface area contributed by atoms with E-state index in [1.54, 1.807) is 18.4 Å². The number of nitrogens with zero attached hydrogens (tertiary/aromatic N) is 3. The highest BCUT2D eigenvalue weighted by molar-refractivity contribution is 14.0. The second-order valence-electron chi connectivity index (χ2n) is 4.48. The monoisotopic (exact) mass is 420 g/mol. The van der Waals surface area contributed by atoms with E-state index >= 15 is 0 Å². The van der Waals surface area contributed by atoms with E-state index in [0.29, 0.717) is 6.54 Å². The van der Waals surface area contributed by atoms with E-state index in [9.17, 15) is 0 Å². The van der Waals surface area contributed by atoms with E-state index in [2.05, 4.69) is 36.2 Å². The number of guanidine groups is 1. The number of rotatable bonds is 5. The van der Waals surface area contributed by atoms with Gasteiger partial charge in [0, 0.05) is 43.2 Å². The second kappa shape index (κ2) is 8.98. The number of aryl methyl sites for hydroxylation is 2. The Labute approximate surface area is 145 Å². The lowest BCUT2D eigenvalue weighted by atomic mass is 10.3. The highest BCUT2D eigenvalue weighted by Gasteiger charge is 2.03. The van der Waals surface area contributed by atoms with Gasteiger partial charge < -0.3 is 10.6 Å². The molecule has 0 amide bonds. The Bertz CT molecular complexity index is 577. The number of thiazole rings is 1. The van der Waals surface area contributed by atoms with Crippen molar-refractivity contribution in [1.29, 1.82) is 0 Å². The van der Waals surface area contributed by atoms with Gasteiger partial charge in [-0.05, 0) is 13.8 Å². The van der Waals surface area contributed by atoms with Gasteiger partial charge in [0.1, 0.15) is 0 Å². The maximum Gasteiger partial charge on any atom is 0.191 e. The third kappa shape index (κ3) is 5.62. The normalized spacial score (nSPS) is 11.1. The van der Waals surface area contributed by atoms with Crippen LogP contribution in [-0.4, -0.2) is 34.7 Å². The number of hydrogen-bond acceptors (Lipinski definition) is 4. The Kier molecular flexibility index (Phi) is 7.65. The van der Waals surface area contributed by atoms with Crippen LogP contribution in [0.5, 0.6) is 0 Å². The molecule has 0 saturated heterocycles. The average Bonchev–Trinajstić information content (AvgIpc) is 3.03. The van der Waals surface area contributed by atoms with E-state index in [1.807, 2.05) is 20.0 Å². The summed E-state index contributed by atoms with van der Waals surface area (Å²) in [6.45, 7) is 5.55. The van der Waals surface area contributed by atoms with Crippen molar-refractivity contribution in [3.8, 4) is 0 Å². The summed E-state index contributed by atoms with van der Waals surface area (Å²) in [6, 6.07) is 0. The largest absolute Gasteiger partial charge is 0.356 e. The van der Waals surface area contributed by atoms with E-state index < -0.39 is 0 Å². The maximum absolute atomic E-state index is 4.44. The van der Waals surface area contributed by atoms with Gasteiger partial charge >= 0.3 is 0 Å². The summed E-state index contributed by atoms with van der Waals surface area (Å²) in [4.78, 5) is 8.64. The first-order valence-electron chi connectivity index (χ1n) is 6.53. The Balaban J connectivity index is 0.00000220. The van der Waals surface area contributed by atoms with Crippen LogP contribution in [0.25, 0.3) is 0 Å². The van der Waals surface area contributed by atoms with Crippen LogP contribution in [0.1, 0.15) is 22.0 Å². The van der Waals surface area contributed by atoms with Crippen molar-refractivity contribution >= 4 is 41.3 Å². The number of aromatic nitrogens is 3. The zero-order valence-corrected chi connectivity index (χ0v) is 15.6. The molecule has 0 aromatic carbocycles. The molecule has 2 aromatic heterocycles. The maximum atomic E-state index is 4.44. The van der Waals surface area contributed by atoms with Crippen molar-refractivity contribution in [2.75, 3.05) is 13.6 Å². The Morgan fingerprint density at radius 1 is 1.38 bits per heavy atom. The molecule has 0 fully saturated rings. The Hall–Kier alpha value is -1.16. The topological polar surface area (TPSA) is 78.0 Å². The number of aliphatic imine (C=N–C) groups is 1. The molecular formula is C13H21IN6S. The van der Waals surface area contributed by atoms with Gasteiger partial charge in [0.2, 0.25) is 0 Å². The minimum atomic E-state index is 0. The molecule has 6 nitrogen and oxygen atoms in total. The van der Waals surface area contributed by atoms with Gasteiger partial charge in [-0.1, -0.05) is 0 Å². The van der Waals surface area contributed by atoms with Crippen LogP contribution in [0.15, 0.2) is 16.6 Å². The van der Waals surface area contributed by atoms with E-state index in [4.69, 9.17) is 0 Å². The quantitative estimate of drug-likeness (QED) is 0.393. The summed E-state index contributed by atoms with van der Waals surface area (Å²) in [5.41, 5.74) is 3.34. The molecule has 0 aliphatic rings. The summed E-state index contributed by atoms with van der Waals surface area (Å²) in [5.74, 6) is 0.789. The lowest BCUT2D eigenvalue weighted by Crippen LogP contribution is -2.37. The first-order valence-corrected chi connectivity index (χ1v) is 7.41. The van der Waals surface area contributed by atoms with Crippen molar-refractivity contribution in [2.45, 2.75) is 26.8 Å². The van der Waals surface area contributed by atoms with Crippen molar-refractivity contribution in [2.24, 2.45) is 4.99 Å². The van der Waals surface area contributed by atoms with E-state index in [1.165, 1.54) is 0 Å². The minimum Gasteiger partial charge on any atom is -0.356 e. The third-order valence-electron chi connectivity index (χ3n) is 2.94. The lowest BCUT2D eigenvalue weighted by Gasteiger charge is -2.10. The van der Waals surface area contributed by atoms with Gasteiger partial charge in [0.25, 0.3) is 0 Å². The third-order valence-corrected chi connectivity index (χ3v) is 3.77. The predicted molar refractivity (Wildman–Crippen MR) is 97.5 cm³/mol. The van der Waals surface area contributed by atoms with Crippen LogP contribution in [0.2, 0.25) is 0 Å². The number of halogens is 1. The van der Waals surface area contributed by atoms with E-state index in [0.717, 1.165) is 40.9 Å². The Morgan fingerprint density at radius 2 is 2.19 bits per heavy atom. The first-order chi connectivity index (χ1) is 9.69. The summed E-state index contributed by atoms with van der Waals surface area (Å²) in [7, 11) is 1.77. The zero-order valence-electron chi connectivity index (χ0n) is 12.4. The average molecular weight is 420 g/mol. The highest BCUT2D eigenvalue weighted by atomic mass is 127. The van der Waals surface area contributed by atoms with Crippen molar-refractivity contribution in [3.05, 3.63) is 33.5 Å². The van der Waals surface area contributed by atoms with Crippen molar-refractivity contribution < 1.29 is 0 Å². The molecule has 0 atom stereocenters. The molecule has 0 spiro atoms. The Morgan fingerprint density at radius 3 is 2.76 bits per heavy atom. The smallest absolute Gasteiger partial charge is 0.191 e. The molecule has 0 bridgehead atoms. The van der Waals surface area contributed by atoms with Crippen LogP contribution >= 0.6 is 35.3 Å². The van der Waals surface area contributed by atoms with Gasteiger partial charge in [0.15, 0.2) is 5.96 Å². The van der Waals surface area contributed by atoms with Crippen LogP contribution in [-0.2, 0) is 13.0 Å². The molecule has 0 radical (unpaired) electrons. The van der Waals surface area contributed by atoms with Gasteiger partial charge in [-0.2, -0.15) is 5.10 Å². The predicted octanol–water partition coefficient (Wildman–Crippen LogP) is 2.01. The van der Waals surface area contributed by atoms with Crippen molar-refractivity contribution in [3.63, 3.8) is 0 Å². The summed E-state index contributed by atoms with van der Waals surface area (Å²) in [5, 5.41) is 16.7. The van der Waals surface area contributed by atoms with Gasteiger partial charge in [-0.15, -0.1) is 35.3 Å². The molecule has 0 aliphatic carbocycles. The molecule has 3 N–H and O–H groups in total. The second-order valence-corrected chi connectivity index (χ2v) is 5.54. The highest BCUT2D eigenvalue weighted by Crippen LogP contribution is 2.07. The van der Waals surface area contributed by atoms with E-state index in [-0.39, 0.29) is 24.0 Å². The molecule has 0 saturated carbocycles. The van der Waals surface area contributed by atoms with Gasteiger partial charge in [0.05, 0.1) is 16.9 Å². The van der Waals surface area contributed by atoms with Gasteiger partial charge in [-0.25, -0.2) is 4.98 Å². The standard InChI is InChI=1S/C13H20N6S.HI/c1-9-11(7-17-19-9)6-16-13(14-3)15-5-4-12-8-20-10(2)18-12;/h7-8H,4-6H2,1-3H3,(H,17,19)(H2,14,15,16);1H. The number of H-pyrrole nitrogens is 1. The fourth-order valence-corrected chi connectivity index (χ4v) is 2.43. The summed E-state index contributed by atoms with van der Waals surface area (Å²) in [6.07, 6.45) is 2.73. The molecule has 0 aliphatic heterocycles. The fraction of sp³-hybridized carbons (Fsp3) is 0.462. The fourth-order valence-electron chi connectivity index (χ4n) is 1.79. The molecule has 116 valence electrons. The minimum absolute atomic E-state index is 0. The molecule has 2 heterocycles. The number of hydrogen-bond donors (Lipinski definition) is 3. The van der Waals surface area contributed by atoms with Crippen LogP contribution in [0.4, 0.5) is 0 Å². The SMILES string of the molecule is CN=C(NCCc1csc(C)n1)NCc1cn[nH]c1C.I. The van der Waals surface area contributed by atoms with Gasteiger partial charge in [-0.3, -0.25) is 10.1 Å². The zero-order chi connectivity index (χ0) is 14.4. The first kappa shape index (κ1) is 17.9. The molecule has 0 unspecified atom stereocenters. The number of nitrogens with one attached hydrogen (secondary N) is 3.